The summed E-state index contributed by atoms with van der Waals surface area (Å²) in [6.45, 7) is 1.93. The van der Waals surface area contributed by atoms with Gasteiger partial charge in [0.2, 0.25) is 5.88 Å². The van der Waals surface area contributed by atoms with Crippen molar-refractivity contribution in [2.45, 2.75) is 6.92 Å². The maximum atomic E-state index is 13.2. The Kier molecular flexibility index (Phi) is 5.77. The van der Waals surface area contributed by atoms with Gasteiger partial charge in [0.25, 0.3) is 11.5 Å². The minimum atomic E-state index is -0.639. The number of nitriles is 1. The highest BCUT2D eigenvalue weighted by molar-refractivity contribution is 6.09. The van der Waals surface area contributed by atoms with Crippen molar-refractivity contribution >= 4 is 23.3 Å². The van der Waals surface area contributed by atoms with Crippen LogP contribution in [0, 0.1) is 18.3 Å². The van der Waals surface area contributed by atoms with Gasteiger partial charge in [-0.2, -0.15) is 10.2 Å². The highest BCUT2D eigenvalue weighted by atomic mass is 16.5. The number of hydrogen-bond acceptors (Lipinski definition) is 5. The summed E-state index contributed by atoms with van der Waals surface area (Å²) in [6, 6.07) is 23.0. The number of hydrogen-bond donors (Lipinski definition) is 1. The van der Waals surface area contributed by atoms with E-state index in [0.717, 1.165) is 5.56 Å². The van der Waals surface area contributed by atoms with E-state index in [1.807, 2.05) is 31.2 Å². The molecule has 0 aliphatic carbocycles. The Hall–Kier alpha value is -4.70. The topological polar surface area (TPSA) is 96.5 Å². The molecule has 0 aliphatic rings. The largest absolute Gasteiger partial charge is 0.438 e. The molecule has 1 N–H and O–H groups in total. The van der Waals surface area contributed by atoms with Crippen molar-refractivity contribution in [3.05, 3.63) is 106 Å². The predicted molar refractivity (Wildman–Crippen MR) is 121 cm³/mol. The summed E-state index contributed by atoms with van der Waals surface area (Å²) >= 11 is 0. The summed E-state index contributed by atoms with van der Waals surface area (Å²) in [6.07, 6.45) is 2.77. The lowest BCUT2D eigenvalue weighted by Gasteiger charge is -2.10. The van der Waals surface area contributed by atoms with Crippen LogP contribution in [0.5, 0.6) is 11.6 Å². The van der Waals surface area contributed by atoms with Crippen LogP contribution in [-0.4, -0.2) is 15.3 Å². The van der Waals surface area contributed by atoms with Crippen molar-refractivity contribution in [2.24, 2.45) is 0 Å². The Bertz CT molecular complexity index is 1420. The number of nitrogens with one attached hydrogen (secondary N) is 1. The van der Waals surface area contributed by atoms with E-state index in [-0.39, 0.29) is 17.0 Å². The standard InChI is InChI=1S/C25H18N4O3/c1-17-10-12-19(13-11-17)27-23(30)18(16-26)15-21-24(32-20-7-3-2-4-8-20)28-22-9-5-6-14-29(22)25(21)31/h2-15H,1H3,(H,27,30)/b18-15+. The first-order chi connectivity index (χ1) is 15.5. The molecule has 0 unspecified atom stereocenters. The molecule has 0 atom stereocenters. The van der Waals surface area contributed by atoms with Gasteiger partial charge in [-0.1, -0.05) is 42.0 Å². The third kappa shape index (κ3) is 4.40. The van der Waals surface area contributed by atoms with Gasteiger partial charge in [0.15, 0.2) is 0 Å². The number of para-hydroxylation sites is 1. The van der Waals surface area contributed by atoms with Crippen LogP contribution in [-0.2, 0) is 4.79 Å². The number of carbonyl (C=O) groups excluding carboxylic acids is 1. The number of ether oxygens (including phenoxy) is 1. The van der Waals surface area contributed by atoms with Gasteiger partial charge in [0.1, 0.15) is 28.6 Å². The van der Waals surface area contributed by atoms with E-state index in [1.54, 1.807) is 60.8 Å². The highest BCUT2D eigenvalue weighted by Gasteiger charge is 2.17. The van der Waals surface area contributed by atoms with E-state index in [0.29, 0.717) is 17.1 Å². The summed E-state index contributed by atoms with van der Waals surface area (Å²) in [4.78, 5) is 30.3. The Labute approximate surface area is 183 Å². The van der Waals surface area contributed by atoms with Crippen molar-refractivity contribution in [1.29, 1.82) is 5.26 Å². The smallest absolute Gasteiger partial charge is 0.269 e. The molecule has 0 fully saturated rings. The number of amides is 1. The number of carbonyl (C=O) groups is 1. The van der Waals surface area contributed by atoms with Crippen LogP contribution in [0.3, 0.4) is 0 Å². The molecule has 2 aromatic heterocycles. The van der Waals surface area contributed by atoms with Crippen LogP contribution in [0.4, 0.5) is 5.69 Å². The Morgan fingerprint density at radius 3 is 2.50 bits per heavy atom. The van der Waals surface area contributed by atoms with Crippen molar-refractivity contribution in [2.75, 3.05) is 5.32 Å². The average Bonchev–Trinajstić information content (AvgIpc) is 2.81. The average molecular weight is 422 g/mol. The molecule has 0 saturated carbocycles. The first kappa shape index (κ1) is 20.6. The minimum Gasteiger partial charge on any atom is -0.438 e. The maximum absolute atomic E-state index is 13.2. The van der Waals surface area contributed by atoms with E-state index in [9.17, 15) is 14.9 Å². The van der Waals surface area contributed by atoms with Gasteiger partial charge in [-0.3, -0.25) is 14.0 Å². The van der Waals surface area contributed by atoms with Crippen LogP contribution < -0.4 is 15.6 Å². The number of fused-ring (bicyclic) bond motifs is 1. The molecule has 2 heterocycles. The van der Waals surface area contributed by atoms with Crippen LogP contribution >= 0.6 is 0 Å². The quantitative estimate of drug-likeness (QED) is 0.381. The molecule has 32 heavy (non-hydrogen) atoms. The maximum Gasteiger partial charge on any atom is 0.269 e. The lowest BCUT2D eigenvalue weighted by Crippen LogP contribution is -2.20. The number of aryl methyl sites for hydroxylation is 1. The first-order valence-corrected chi connectivity index (χ1v) is 9.79. The molecule has 7 heteroatoms. The Morgan fingerprint density at radius 1 is 1.06 bits per heavy atom. The van der Waals surface area contributed by atoms with Gasteiger partial charge in [-0.05, 0) is 49.4 Å². The molecule has 7 nitrogen and oxygen atoms in total. The third-order valence-corrected chi connectivity index (χ3v) is 4.65. The zero-order valence-electron chi connectivity index (χ0n) is 17.1. The monoisotopic (exact) mass is 422 g/mol. The van der Waals surface area contributed by atoms with Crippen LogP contribution in [0.15, 0.2) is 89.4 Å². The lowest BCUT2D eigenvalue weighted by atomic mass is 10.1. The summed E-state index contributed by atoms with van der Waals surface area (Å²) in [5, 5.41) is 12.3. The van der Waals surface area contributed by atoms with Gasteiger partial charge >= 0.3 is 0 Å². The van der Waals surface area contributed by atoms with Crippen molar-refractivity contribution in [3.63, 3.8) is 0 Å². The van der Waals surface area contributed by atoms with E-state index in [1.165, 1.54) is 10.5 Å². The number of benzene rings is 2. The molecule has 0 saturated heterocycles. The van der Waals surface area contributed by atoms with Gasteiger partial charge in [-0.25, -0.2) is 0 Å². The SMILES string of the molecule is Cc1ccc(NC(=O)/C(C#N)=C/c2c(Oc3ccccc3)nc3ccccn3c2=O)cc1. The highest BCUT2D eigenvalue weighted by Crippen LogP contribution is 2.24. The molecule has 2 aromatic carbocycles. The van der Waals surface area contributed by atoms with E-state index in [2.05, 4.69) is 10.3 Å². The second-order valence-corrected chi connectivity index (χ2v) is 6.97. The van der Waals surface area contributed by atoms with E-state index >= 15 is 0 Å². The zero-order valence-corrected chi connectivity index (χ0v) is 17.1. The molecule has 0 spiro atoms. The molecule has 0 aliphatic heterocycles. The van der Waals surface area contributed by atoms with Gasteiger partial charge in [0, 0.05) is 11.9 Å². The third-order valence-electron chi connectivity index (χ3n) is 4.65. The van der Waals surface area contributed by atoms with Crippen LogP contribution in [0.1, 0.15) is 11.1 Å². The number of rotatable bonds is 5. The van der Waals surface area contributed by atoms with E-state index < -0.39 is 11.5 Å². The summed E-state index contributed by atoms with van der Waals surface area (Å²) < 4.78 is 7.17. The molecule has 0 bridgehead atoms. The molecular formula is C25H18N4O3. The molecule has 4 aromatic rings. The number of aromatic nitrogens is 2. The van der Waals surface area contributed by atoms with Crippen LogP contribution in [0.2, 0.25) is 0 Å². The fourth-order valence-corrected chi connectivity index (χ4v) is 3.01. The molecule has 156 valence electrons. The zero-order chi connectivity index (χ0) is 22.5. The number of anilines is 1. The second-order valence-electron chi connectivity index (χ2n) is 6.97. The van der Waals surface area contributed by atoms with Gasteiger partial charge < -0.3 is 10.1 Å². The van der Waals surface area contributed by atoms with Crippen LogP contribution in [0.25, 0.3) is 11.7 Å². The Morgan fingerprint density at radius 2 is 1.78 bits per heavy atom. The van der Waals surface area contributed by atoms with Crippen molar-refractivity contribution in [3.8, 4) is 17.7 Å². The fourth-order valence-electron chi connectivity index (χ4n) is 3.01. The minimum absolute atomic E-state index is 0.00304. The number of pyridine rings is 1. The first-order valence-electron chi connectivity index (χ1n) is 9.79. The lowest BCUT2D eigenvalue weighted by molar-refractivity contribution is -0.112. The normalized spacial score (nSPS) is 11.1. The van der Waals surface area contributed by atoms with Crippen molar-refractivity contribution < 1.29 is 9.53 Å². The summed E-state index contributed by atoms with van der Waals surface area (Å²) in [5.74, 6) is -0.167. The molecule has 4 rings (SSSR count). The molecular weight excluding hydrogens is 404 g/mol. The van der Waals surface area contributed by atoms with Gasteiger partial charge in [-0.15, -0.1) is 0 Å². The number of nitrogens with zero attached hydrogens (tertiary/aromatic N) is 3. The van der Waals surface area contributed by atoms with Gasteiger partial charge in [0.05, 0.1) is 0 Å². The second kappa shape index (κ2) is 8.98. The predicted octanol–water partition coefficient (Wildman–Crippen LogP) is 4.34. The summed E-state index contributed by atoms with van der Waals surface area (Å²) in [5.41, 5.74) is 1.24. The molecule has 1 amide bonds. The Balaban J connectivity index is 1.79. The van der Waals surface area contributed by atoms with E-state index in [4.69, 9.17) is 4.74 Å². The summed E-state index contributed by atoms with van der Waals surface area (Å²) in [7, 11) is 0. The fraction of sp³-hybridized carbons (Fsp3) is 0.0400. The van der Waals surface area contributed by atoms with Crippen molar-refractivity contribution in [1.82, 2.24) is 9.38 Å². The molecule has 0 radical (unpaired) electrons.